The number of rotatable bonds is 5. The molecule has 4 unspecified atom stereocenters. The van der Waals surface area contributed by atoms with Crippen LogP contribution in [0.15, 0.2) is 60.7 Å². The highest BCUT2D eigenvalue weighted by Gasteiger charge is 2.74. The molecule has 2 bridgehead atoms. The van der Waals surface area contributed by atoms with Crippen molar-refractivity contribution in [3.8, 4) is 11.8 Å². The van der Waals surface area contributed by atoms with Gasteiger partial charge in [-0.15, -0.1) is 0 Å². The van der Waals surface area contributed by atoms with Crippen LogP contribution in [0, 0.1) is 29.0 Å². The third kappa shape index (κ3) is 3.10. The number of hydrogen-bond acceptors (Lipinski definition) is 5. The largest absolute Gasteiger partial charge is 0.493 e. The number of hydrogen-bond donors (Lipinski definition) is 0. The average Bonchev–Trinajstić information content (AvgIpc) is 3.43. The Balaban J connectivity index is 1.34. The summed E-state index contributed by atoms with van der Waals surface area (Å²) in [5, 5.41) is 11.5. The van der Waals surface area contributed by atoms with E-state index in [9.17, 15) is 19.2 Å². The summed E-state index contributed by atoms with van der Waals surface area (Å²) in [5.41, 5.74) is -0.955. The van der Waals surface area contributed by atoms with Crippen molar-refractivity contribution in [3.63, 3.8) is 0 Å². The Kier molecular flexibility index (Phi) is 4.74. The van der Waals surface area contributed by atoms with Gasteiger partial charge >= 0.3 is 0 Å². The molecule has 0 aromatic heterocycles. The van der Waals surface area contributed by atoms with Gasteiger partial charge < -0.3 is 9.47 Å². The fourth-order valence-corrected chi connectivity index (χ4v) is 6.31. The first-order valence-electron chi connectivity index (χ1n) is 11.8. The predicted molar refractivity (Wildman–Crippen MR) is 126 cm³/mol. The minimum atomic E-state index is -0.835. The lowest BCUT2D eigenvalue weighted by Crippen LogP contribution is -2.43. The van der Waals surface area contributed by atoms with Crippen molar-refractivity contribution >= 4 is 28.3 Å². The van der Waals surface area contributed by atoms with Crippen molar-refractivity contribution in [1.29, 1.82) is 5.26 Å². The summed E-state index contributed by atoms with van der Waals surface area (Å²) >= 11 is 0. The second-order valence-corrected chi connectivity index (χ2v) is 9.80. The molecule has 6 rings (SSSR count). The third-order valence-corrected chi connectivity index (χ3v) is 7.86. The Morgan fingerprint density at radius 1 is 1.09 bits per heavy atom. The van der Waals surface area contributed by atoms with Crippen molar-refractivity contribution in [1.82, 2.24) is 0 Å². The van der Waals surface area contributed by atoms with Gasteiger partial charge in [0.25, 0.3) is 0 Å². The normalized spacial score (nSPS) is 29.0. The summed E-state index contributed by atoms with van der Waals surface area (Å²) in [7, 11) is 0. The van der Waals surface area contributed by atoms with E-state index in [-0.39, 0.29) is 24.2 Å². The number of nitriles is 1. The van der Waals surface area contributed by atoms with Crippen LogP contribution in [0.4, 0.5) is 10.1 Å². The van der Waals surface area contributed by atoms with Crippen LogP contribution in [-0.4, -0.2) is 29.6 Å². The fraction of sp³-hybridized carbons (Fsp3) is 0.321. The molecule has 2 amide bonds. The van der Waals surface area contributed by atoms with Crippen LogP contribution in [-0.2, 0) is 14.3 Å². The van der Waals surface area contributed by atoms with Gasteiger partial charge in [0, 0.05) is 17.9 Å². The Hall–Kier alpha value is -3.76. The summed E-state index contributed by atoms with van der Waals surface area (Å²) < 4.78 is 25.7. The van der Waals surface area contributed by atoms with Crippen LogP contribution < -0.4 is 9.64 Å². The summed E-state index contributed by atoms with van der Waals surface area (Å²) in [6.07, 6.45) is 1.69. The summed E-state index contributed by atoms with van der Waals surface area (Å²) in [5.74, 6) is -1.90. The van der Waals surface area contributed by atoms with Gasteiger partial charge in [-0.3, -0.25) is 9.59 Å². The highest BCUT2D eigenvalue weighted by Crippen LogP contribution is 2.62. The summed E-state index contributed by atoms with van der Waals surface area (Å²) in [6.45, 7) is 2.12. The van der Waals surface area contributed by atoms with E-state index >= 15 is 0 Å². The second-order valence-electron chi connectivity index (χ2n) is 9.80. The van der Waals surface area contributed by atoms with Gasteiger partial charge in [0.15, 0.2) is 0 Å². The van der Waals surface area contributed by atoms with Crippen LogP contribution in [0.5, 0.6) is 5.75 Å². The summed E-state index contributed by atoms with van der Waals surface area (Å²) in [4.78, 5) is 28.8. The maximum absolute atomic E-state index is 13.8. The van der Waals surface area contributed by atoms with Crippen molar-refractivity contribution in [3.05, 3.63) is 72.0 Å². The van der Waals surface area contributed by atoms with Gasteiger partial charge in [-0.1, -0.05) is 36.4 Å². The van der Waals surface area contributed by atoms with Gasteiger partial charge in [0.05, 0.1) is 40.9 Å². The Morgan fingerprint density at radius 2 is 1.89 bits per heavy atom. The van der Waals surface area contributed by atoms with Crippen molar-refractivity contribution in [2.24, 2.45) is 11.8 Å². The van der Waals surface area contributed by atoms with E-state index in [0.717, 1.165) is 5.39 Å². The maximum Gasteiger partial charge on any atom is 0.240 e. The number of anilines is 1. The number of amides is 2. The number of imide groups is 1. The first kappa shape index (κ1) is 21.8. The van der Waals surface area contributed by atoms with E-state index in [1.165, 1.54) is 17.0 Å². The molecule has 3 saturated heterocycles. The smallest absolute Gasteiger partial charge is 0.240 e. The molecule has 176 valence electrons. The SMILES string of the molecule is CC12CCC(CCOc3cccc(F)c3)(O1)C1C(=O)N(c3ccc4ccccc4c3C#N)C(=O)C12. The first-order valence-corrected chi connectivity index (χ1v) is 11.8. The molecular formula is C28H23FN2O4. The molecule has 6 nitrogen and oxygen atoms in total. The lowest BCUT2D eigenvalue weighted by molar-refractivity contribution is -0.131. The van der Waals surface area contributed by atoms with E-state index < -0.39 is 23.0 Å². The Morgan fingerprint density at radius 3 is 2.69 bits per heavy atom. The Bertz CT molecular complexity index is 1430. The van der Waals surface area contributed by atoms with E-state index in [1.807, 2.05) is 37.3 Å². The van der Waals surface area contributed by atoms with Crippen LogP contribution >= 0.6 is 0 Å². The van der Waals surface area contributed by atoms with Crippen molar-refractivity contribution in [2.75, 3.05) is 11.5 Å². The van der Waals surface area contributed by atoms with Gasteiger partial charge in [-0.25, -0.2) is 9.29 Å². The number of carbonyl (C=O) groups excluding carboxylic acids is 2. The van der Waals surface area contributed by atoms with Crippen LogP contribution in [0.25, 0.3) is 10.8 Å². The van der Waals surface area contributed by atoms with Crippen molar-refractivity contribution < 1.29 is 23.5 Å². The number of nitrogens with zero attached hydrogens (tertiary/aromatic N) is 2. The number of halogens is 1. The zero-order chi connectivity index (χ0) is 24.4. The molecule has 3 aromatic carbocycles. The molecule has 3 aliphatic heterocycles. The molecule has 35 heavy (non-hydrogen) atoms. The van der Waals surface area contributed by atoms with Gasteiger partial charge in [-0.05, 0) is 43.4 Å². The fourth-order valence-electron chi connectivity index (χ4n) is 6.31. The van der Waals surface area contributed by atoms with Crippen LogP contribution in [0.3, 0.4) is 0 Å². The molecule has 3 fully saturated rings. The number of benzene rings is 3. The molecule has 3 heterocycles. The molecule has 0 N–H and O–H groups in total. The first-order chi connectivity index (χ1) is 16.9. The maximum atomic E-state index is 13.8. The molecule has 0 saturated carbocycles. The summed E-state index contributed by atoms with van der Waals surface area (Å²) in [6, 6.07) is 19.1. The molecule has 4 atom stereocenters. The van der Waals surface area contributed by atoms with E-state index in [2.05, 4.69) is 6.07 Å². The average molecular weight is 471 g/mol. The zero-order valence-corrected chi connectivity index (χ0v) is 19.2. The monoisotopic (exact) mass is 470 g/mol. The van der Waals surface area contributed by atoms with E-state index in [1.54, 1.807) is 18.2 Å². The number of fused-ring (bicyclic) bond motifs is 6. The van der Waals surface area contributed by atoms with Crippen LogP contribution in [0.1, 0.15) is 31.7 Å². The Labute approximate surface area is 201 Å². The molecule has 3 aliphatic rings. The van der Waals surface area contributed by atoms with E-state index in [4.69, 9.17) is 9.47 Å². The van der Waals surface area contributed by atoms with Gasteiger partial charge in [0.2, 0.25) is 11.8 Å². The van der Waals surface area contributed by atoms with Gasteiger partial charge in [0.1, 0.15) is 17.6 Å². The lowest BCUT2D eigenvalue weighted by atomic mass is 9.67. The third-order valence-electron chi connectivity index (χ3n) is 7.86. The lowest BCUT2D eigenvalue weighted by Gasteiger charge is -2.31. The van der Waals surface area contributed by atoms with Gasteiger partial charge in [-0.2, -0.15) is 5.26 Å². The highest BCUT2D eigenvalue weighted by molar-refractivity contribution is 6.24. The molecule has 0 spiro atoms. The number of carbonyl (C=O) groups is 2. The predicted octanol–water partition coefficient (Wildman–Crippen LogP) is 4.75. The minimum absolute atomic E-state index is 0.226. The molecule has 0 radical (unpaired) electrons. The zero-order valence-electron chi connectivity index (χ0n) is 19.2. The number of ether oxygens (including phenoxy) is 2. The van der Waals surface area contributed by atoms with Crippen molar-refractivity contribution in [2.45, 2.75) is 37.4 Å². The highest BCUT2D eigenvalue weighted by atomic mass is 19.1. The molecular weight excluding hydrogens is 447 g/mol. The second kappa shape index (κ2) is 7.62. The minimum Gasteiger partial charge on any atom is -0.493 e. The topological polar surface area (TPSA) is 79.6 Å². The van der Waals surface area contributed by atoms with Crippen LogP contribution in [0.2, 0.25) is 0 Å². The molecule has 7 heteroatoms. The van der Waals surface area contributed by atoms with E-state index in [0.29, 0.717) is 41.6 Å². The molecule has 3 aromatic rings. The molecule has 0 aliphatic carbocycles. The quantitative estimate of drug-likeness (QED) is 0.503. The standard InChI is InChI=1S/C28H23FN2O4/c1-27-11-12-28(35-27,13-14-34-19-7-4-6-18(29)15-19)24-23(27)25(32)31(26(24)33)22-10-9-17-5-2-3-8-20(17)21(22)16-30/h2-10,15,23-24H,11-14H2,1H3.